The summed E-state index contributed by atoms with van der Waals surface area (Å²) in [4.78, 5) is 0. The topological polar surface area (TPSA) is 18.5 Å². The average Bonchev–Trinajstić information content (AvgIpc) is 2.88. The fourth-order valence-corrected chi connectivity index (χ4v) is 1.07. The molecule has 2 rings (SSSR count). The second kappa shape index (κ2) is 23.4. The molecule has 0 aliphatic carbocycles. The van der Waals surface area contributed by atoms with E-state index >= 15 is 0 Å². The summed E-state index contributed by atoms with van der Waals surface area (Å²) in [6.07, 6.45) is 0. The summed E-state index contributed by atoms with van der Waals surface area (Å²) >= 11 is 0. The molecule has 0 N–H and O–H groups in total. The summed E-state index contributed by atoms with van der Waals surface area (Å²) < 4.78 is 10.1. The van der Waals surface area contributed by atoms with Crippen molar-refractivity contribution in [2.24, 2.45) is 0 Å². The van der Waals surface area contributed by atoms with Gasteiger partial charge in [-0.2, -0.15) is 17.5 Å². The zero-order valence-electron chi connectivity index (χ0n) is 14.6. The Labute approximate surface area is 188 Å². The van der Waals surface area contributed by atoms with E-state index in [1.54, 1.807) is 0 Å². The molecule has 0 aliphatic rings. The van der Waals surface area contributed by atoms with Crippen molar-refractivity contribution in [3.63, 3.8) is 0 Å². The first-order valence-electron chi connectivity index (χ1n) is 6.67. The molecule has 0 bridgehead atoms. The van der Waals surface area contributed by atoms with E-state index in [0.717, 1.165) is 21.0 Å². The quantitative estimate of drug-likeness (QED) is 0.287. The maximum atomic E-state index is 5.03. The Hall–Kier alpha value is 1.37. The van der Waals surface area contributed by atoms with Crippen molar-refractivity contribution in [1.29, 1.82) is 0 Å². The van der Waals surface area contributed by atoms with Crippen molar-refractivity contribution in [3.05, 3.63) is 42.5 Å². The molecular weight excluding hydrogens is 498 g/mol. The van der Waals surface area contributed by atoms with Gasteiger partial charge in [0.1, 0.15) is 21.0 Å². The van der Waals surface area contributed by atoms with Gasteiger partial charge in [-0.15, -0.1) is 29.7 Å². The number of hydrogen-bond donors (Lipinski definition) is 0. The molecule has 2 nitrogen and oxygen atoms in total. The number of rotatable bonds is 2. The summed E-state index contributed by atoms with van der Waals surface area (Å²) in [7, 11) is 0.694. The Morgan fingerprint density at radius 2 is 1.22 bits per heavy atom. The number of halogens is 3. The van der Waals surface area contributed by atoms with Crippen LogP contribution in [0.2, 0.25) is 26.2 Å². The van der Waals surface area contributed by atoms with Crippen LogP contribution in [0, 0.1) is 0 Å². The molecule has 0 amide bonds. The second-order valence-corrected chi connectivity index (χ2v) is 12.7. The third-order valence-corrected chi connectivity index (χ3v) is 10.0. The summed E-state index contributed by atoms with van der Waals surface area (Å²) in [5.74, 6) is 0. The molecule has 0 aromatic heterocycles. The Morgan fingerprint density at radius 1 is 0.826 bits per heavy atom. The van der Waals surface area contributed by atoms with Gasteiger partial charge in [-0.3, -0.25) is 0 Å². The van der Waals surface area contributed by atoms with Crippen LogP contribution in [0.3, 0.4) is 0 Å². The third kappa shape index (κ3) is 21.3. The molecule has 0 fully saturated rings. The molecule has 2 aromatic rings. The molecule has 0 saturated heterocycles. The molecule has 0 radical (unpaired) electrons. The molecule has 0 unspecified atom stereocenters. The Morgan fingerprint density at radius 3 is 1.57 bits per heavy atom. The van der Waals surface area contributed by atoms with Gasteiger partial charge in [0.2, 0.25) is 0 Å². The van der Waals surface area contributed by atoms with Crippen LogP contribution in [0.15, 0.2) is 42.5 Å². The molecule has 2 aromatic carbocycles. The van der Waals surface area contributed by atoms with Crippen molar-refractivity contribution >= 4 is 49.8 Å². The maximum Gasteiger partial charge on any atom is 4.00 e. The van der Waals surface area contributed by atoms with Gasteiger partial charge in [0.25, 0.3) is 0 Å². The van der Waals surface area contributed by atoms with E-state index in [0.29, 0.717) is 0 Å². The Bertz CT molecular complexity index is 410. The minimum atomic E-state index is -0.588. The summed E-state index contributed by atoms with van der Waals surface area (Å²) in [5.41, 5.74) is 0. The third-order valence-electron chi connectivity index (χ3n) is 2.49. The van der Waals surface area contributed by atoms with Crippen LogP contribution in [-0.2, 0) is 34.4 Å². The maximum absolute atomic E-state index is 5.03. The van der Waals surface area contributed by atoms with Crippen LogP contribution in [0.1, 0.15) is 0 Å². The molecule has 0 heterocycles. The van der Waals surface area contributed by atoms with E-state index in [1.165, 1.54) is 10.8 Å². The van der Waals surface area contributed by atoms with Gasteiger partial charge < -0.3 is 45.5 Å². The monoisotopic (exact) mass is 522 g/mol. The molecule has 10 heteroatoms. The van der Waals surface area contributed by atoms with Crippen LogP contribution in [0.25, 0.3) is 10.8 Å². The van der Waals surface area contributed by atoms with Crippen molar-refractivity contribution in [3.8, 4) is 0 Å². The van der Waals surface area contributed by atoms with E-state index in [9.17, 15) is 0 Å². The van der Waals surface area contributed by atoms with Gasteiger partial charge in [-0.1, -0.05) is 6.07 Å². The molecule has 132 valence electrons. The summed E-state index contributed by atoms with van der Waals surface area (Å²) in [6.45, 7) is 8.69. The van der Waals surface area contributed by atoms with Crippen LogP contribution < -0.4 is 37.2 Å². The smallest absolute Gasteiger partial charge is 1.00 e. The van der Waals surface area contributed by atoms with Gasteiger partial charge in [-0.05, 0) is 26.2 Å². The van der Waals surface area contributed by atoms with Crippen LogP contribution in [0.5, 0.6) is 0 Å². The number of hydrogen-bond acceptors (Lipinski definition) is 2. The molecule has 0 spiro atoms. The number of fused-ring (bicyclic) bond motifs is 1. The fraction of sp³-hybridized carbons (Fsp3) is 0.308. The normalized spacial score (nSPS) is 8.43. The predicted octanol–water partition coefficient (Wildman–Crippen LogP) is -7.90. The standard InChI is InChI=1S/C9H7.2C2H10OSi2.3ClH.Zr/c1-2-5-9-7-3-6-8(9)4-1;2*1-5(2)3-4;;;;/h1-7H;2*5H,1-2,4H3;3*1H;/q-1;;;;;;+4/p-3. The van der Waals surface area contributed by atoms with Crippen molar-refractivity contribution in [2.45, 2.75) is 26.2 Å². The van der Waals surface area contributed by atoms with Gasteiger partial charge in [-0.25, -0.2) is 0 Å². The fourth-order valence-electron chi connectivity index (χ4n) is 1.07. The van der Waals surface area contributed by atoms with Crippen LogP contribution in [-0.4, -0.2) is 39.1 Å². The minimum Gasteiger partial charge on any atom is -1.00 e. The Balaban J connectivity index is -0.0000000695. The largest absolute Gasteiger partial charge is 4.00 e. The SMILES string of the molecule is C[SiH](C)O[SiH3].C[SiH](C)O[SiH3].[Cl-].[Cl-].[Cl-].[Zr+4].c1ccc2[cH-]ccc2c1. The molecule has 0 atom stereocenters. The van der Waals surface area contributed by atoms with Crippen molar-refractivity contribution in [1.82, 2.24) is 0 Å². The zero-order valence-corrected chi connectivity index (χ0v) is 25.7. The first-order chi connectivity index (χ1) is 9.01. The van der Waals surface area contributed by atoms with Gasteiger partial charge >= 0.3 is 26.2 Å². The van der Waals surface area contributed by atoms with E-state index in [-0.39, 0.29) is 63.4 Å². The zero-order chi connectivity index (χ0) is 14.7. The van der Waals surface area contributed by atoms with E-state index in [1.807, 2.05) is 0 Å². The second-order valence-electron chi connectivity index (χ2n) is 4.72. The van der Waals surface area contributed by atoms with Gasteiger partial charge in [0.15, 0.2) is 18.1 Å². The van der Waals surface area contributed by atoms with E-state index < -0.39 is 18.1 Å². The molecular formula is C13H27Cl3O2Si4Zr. The number of benzene rings is 1. The van der Waals surface area contributed by atoms with Gasteiger partial charge in [0, 0.05) is 0 Å². The predicted molar refractivity (Wildman–Crippen MR) is 99.3 cm³/mol. The molecule has 23 heavy (non-hydrogen) atoms. The first kappa shape index (κ1) is 35.5. The van der Waals surface area contributed by atoms with Crippen molar-refractivity contribution < 1.29 is 71.7 Å². The van der Waals surface area contributed by atoms with E-state index in [2.05, 4.69) is 68.7 Å². The first-order valence-corrected chi connectivity index (χ1v) is 13.9. The van der Waals surface area contributed by atoms with Crippen molar-refractivity contribution in [2.75, 3.05) is 0 Å². The van der Waals surface area contributed by atoms with Crippen LogP contribution >= 0.6 is 0 Å². The molecule has 0 aliphatic heterocycles. The average molecular weight is 525 g/mol. The minimum absolute atomic E-state index is 0. The summed E-state index contributed by atoms with van der Waals surface area (Å²) in [6, 6.07) is 14.7. The Kier molecular flexibility index (Phi) is 36.0. The van der Waals surface area contributed by atoms with Crippen LogP contribution in [0.4, 0.5) is 0 Å². The summed E-state index contributed by atoms with van der Waals surface area (Å²) in [5, 5.41) is 2.66. The van der Waals surface area contributed by atoms with Gasteiger partial charge in [0.05, 0.1) is 0 Å². The van der Waals surface area contributed by atoms with E-state index in [4.69, 9.17) is 8.23 Å². The molecule has 0 saturated carbocycles.